The Kier molecular flexibility index (Phi) is 4.81. The van der Waals surface area contributed by atoms with Crippen LogP contribution in [0.4, 0.5) is 5.69 Å². The van der Waals surface area contributed by atoms with Gasteiger partial charge < -0.3 is 9.84 Å². The van der Waals surface area contributed by atoms with Crippen molar-refractivity contribution in [3.8, 4) is 0 Å². The molecule has 1 aromatic carbocycles. The molecule has 3 rings (SSSR count). The fourth-order valence-corrected chi connectivity index (χ4v) is 3.04. The maximum absolute atomic E-state index is 12.9. The lowest BCUT2D eigenvalue weighted by atomic mass is 9.88. The summed E-state index contributed by atoms with van der Waals surface area (Å²) in [6.07, 6.45) is 2.51. The molecule has 2 heterocycles. The Hall–Kier alpha value is -3.06. The maximum atomic E-state index is 12.9. The number of hydrogen-bond donors (Lipinski definition) is 1. The molecule has 7 heteroatoms. The highest BCUT2D eigenvalue weighted by Crippen LogP contribution is 2.42. The van der Waals surface area contributed by atoms with Crippen molar-refractivity contribution in [2.75, 3.05) is 18.1 Å². The summed E-state index contributed by atoms with van der Waals surface area (Å²) in [6.45, 7) is 1.53. The SMILES string of the molecule is CCOC(=O)CN1C(=O)[C@@](O)(CC(=O)c2ccncc2)c2ccccc21. The standard InChI is InChI=1S/C19H18N2O5/c1-2-26-17(23)12-21-15-6-4-3-5-14(15)19(25,18(21)24)11-16(22)13-7-9-20-10-8-13/h3-10,25H,2,11-12H2,1H3/t19-/m1/s1. The number of hydrogen-bond acceptors (Lipinski definition) is 6. The molecule has 2 aromatic rings. The minimum atomic E-state index is -2.02. The van der Waals surface area contributed by atoms with Crippen LogP contribution in [0.3, 0.4) is 0 Å². The van der Waals surface area contributed by atoms with Gasteiger partial charge in [0.1, 0.15) is 6.54 Å². The summed E-state index contributed by atoms with van der Waals surface area (Å²) >= 11 is 0. The summed E-state index contributed by atoms with van der Waals surface area (Å²) in [6, 6.07) is 9.61. The largest absolute Gasteiger partial charge is 0.465 e. The van der Waals surface area contributed by atoms with E-state index in [0.717, 1.165) is 4.90 Å². The molecule has 0 unspecified atom stereocenters. The molecule has 0 radical (unpaired) electrons. The third-order valence-electron chi connectivity index (χ3n) is 4.25. The third-order valence-corrected chi connectivity index (χ3v) is 4.25. The van der Waals surface area contributed by atoms with Gasteiger partial charge in [-0.05, 0) is 25.1 Å². The number of ketones is 1. The minimum absolute atomic E-state index is 0.188. The molecular weight excluding hydrogens is 336 g/mol. The topological polar surface area (TPSA) is 96.8 Å². The molecule has 0 bridgehead atoms. The first-order valence-corrected chi connectivity index (χ1v) is 8.20. The van der Waals surface area contributed by atoms with E-state index >= 15 is 0 Å². The van der Waals surface area contributed by atoms with Gasteiger partial charge in [-0.15, -0.1) is 0 Å². The number of esters is 1. The van der Waals surface area contributed by atoms with E-state index in [0.29, 0.717) is 16.8 Å². The monoisotopic (exact) mass is 354 g/mol. The van der Waals surface area contributed by atoms with E-state index in [4.69, 9.17) is 4.74 Å². The van der Waals surface area contributed by atoms with Crippen molar-refractivity contribution in [1.82, 2.24) is 4.98 Å². The summed E-state index contributed by atoms with van der Waals surface area (Å²) in [4.78, 5) is 42.3. The molecule has 1 aliphatic heterocycles. The van der Waals surface area contributed by atoms with E-state index in [1.165, 1.54) is 24.5 Å². The Labute approximate surface area is 150 Å². The van der Waals surface area contributed by atoms with Gasteiger partial charge in [0.2, 0.25) is 0 Å². The van der Waals surface area contributed by atoms with Gasteiger partial charge in [0, 0.05) is 23.5 Å². The summed E-state index contributed by atoms with van der Waals surface area (Å²) in [5.74, 6) is -1.69. The van der Waals surface area contributed by atoms with Crippen molar-refractivity contribution in [1.29, 1.82) is 0 Å². The average molecular weight is 354 g/mol. The second-order valence-electron chi connectivity index (χ2n) is 5.91. The van der Waals surface area contributed by atoms with Crippen LogP contribution in [0, 0.1) is 0 Å². The lowest BCUT2D eigenvalue weighted by Gasteiger charge is -2.22. The molecule has 0 saturated carbocycles. The van der Waals surface area contributed by atoms with Crippen LogP contribution < -0.4 is 4.90 Å². The summed E-state index contributed by atoms with van der Waals surface area (Å²) in [5.41, 5.74) is -0.974. The lowest BCUT2D eigenvalue weighted by molar-refractivity contribution is -0.144. The van der Waals surface area contributed by atoms with Crippen LogP contribution in [-0.2, 0) is 19.9 Å². The molecule has 7 nitrogen and oxygen atoms in total. The van der Waals surface area contributed by atoms with Gasteiger partial charge in [-0.25, -0.2) is 0 Å². The van der Waals surface area contributed by atoms with Gasteiger partial charge in [-0.2, -0.15) is 0 Å². The van der Waals surface area contributed by atoms with Crippen LogP contribution in [0.25, 0.3) is 0 Å². The zero-order valence-corrected chi connectivity index (χ0v) is 14.2. The highest BCUT2D eigenvalue weighted by molar-refractivity contribution is 6.12. The average Bonchev–Trinajstić information content (AvgIpc) is 2.85. The molecule has 0 saturated heterocycles. The van der Waals surface area contributed by atoms with Gasteiger partial charge in [0.05, 0.1) is 18.7 Å². The lowest BCUT2D eigenvalue weighted by Crippen LogP contribution is -2.44. The summed E-state index contributed by atoms with van der Waals surface area (Å²) < 4.78 is 4.90. The summed E-state index contributed by atoms with van der Waals surface area (Å²) in [7, 11) is 0. The fraction of sp³-hybridized carbons (Fsp3) is 0.263. The Bertz CT molecular complexity index is 852. The first-order chi connectivity index (χ1) is 12.5. The highest BCUT2D eigenvalue weighted by atomic mass is 16.5. The van der Waals surface area contributed by atoms with Crippen molar-refractivity contribution in [2.45, 2.75) is 18.9 Å². The molecule has 1 aromatic heterocycles. The number of benzene rings is 1. The minimum Gasteiger partial charge on any atom is -0.465 e. The molecule has 1 atom stereocenters. The van der Waals surface area contributed by atoms with Crippen LogP contribution >= 0.6 is 0 Å². The van der Waals surface area contributed by atoms with E-state index in [1.807, 2.05) is 0 Å². The number of aliphatic hydroxyl groups is 1. The molecular formula is C19H18N2O5. The van der Waals surface area contributed by atoms with Crippen LogP contribution in [0.5, 0.6) is 0 Å². The second kappa shape index (κ2) is 7.05. The van der Waals surface area contributed by atoms with Crippen LogP contribution in [0.15, 0.2) is 48.8 Å². The predicted octanol–water partition coefficient (Wildman–Crippen LogP) is 1.45. The normalized spacial score (nSPS) is 18.5. The van der Waals surface area contributed by atoms with Crippen molar-refractivity contribution in [3.63, 3.8) is 0 Å². The molecule has 26 heavy (non-hydrogen) atoms. The van der Waals surface area contributed by atoms with Gasteiger partial charge >= 0.3 is 5.97 Å². The third kappa shape index (κ3) is 3.09. The number of pyridine rings is 1. The first-order valence-electron chi connectivity index (χ1n) is 8.20. The van der Waals surface area contributed by atoms with Crippen molar-refractivity contribution in [2.24, 2.45) is 0 Å². The van der Waals surface area contributed by atoms with Gasteiger partial charge in [-0.1, -0.05) is 18.2 Å². The van der Waals surface area contributed by atoms with Gasteiger partial charge in [-0.3, -0.25) is 24.3 Å². The Balaban J connectivity index is 1.93. The van der Waals surface area contributed by atoms with E-state index in [2.05, 4.69) is 4.98 Å². The number of carbonyl (C=O) groups excluding carboxylic acids is 3. The zero-order valence-electron chi connectivity index (χ0n) is 14.2. The van der Waals surface area contributed by atoms with Crippen LogP contribution in [0.1, 0.15) is 29.3 Å². The number of rotatable bonds is 6. The molecule has 134 valence electrons. The molecule has 0 fully saturated rings. The number of nitrogens with zero attached hydrogens (tertiary/aromatic N) is 2. The van der Waals surface area contributed by atoms with Crippen LogP contribution in [0.2, 0.25) is 0 Å². The maximum Gasteiger partial charge on any atom is 0.326 e. The van der Waals surface area contributed by atoms with Gasteiger partial charge in [0.15, 0.2) is 11.4 Å². The fourth-order valence-electron chi connectivity index (χ4n) is 3.04. The van der Waals surface area contributed by atoms with E-state index in [9.17, 15) is 19.5 Å². The molecule has 1 amide bonds. The number of anilines is 1. The second-order valence-corrected chi connectivity index (χ2v) is 5.91. The van der Waals surface area contributed by atoms with Crippen molar-refractivity contribution < 1.29 is 24.2 Å². The smallest absolute Gasteiger partial charge is 0.326 e. The zero-order chi connectivity index (χ0) is 18.7. The Morgan fingerprint density at radius 1 is 1.19 bits per heavy atom. The predicted molar refractivity (Wildman–Crippen MR) is 92.5 cm³/mol. The number of ether oxygens (including phenoxy) is 1. The van der Waals surface area contributed by atoms with Crippen molar-refractivity contribution >= 4 is 23.3 Å². The first kappa shape index (κ1) is 17.8. The Morgan fingerprint density at radius 2 is 1.88 bits per heavy atom. The summed E-state index contributed by atoms with van der Waals surface area (Å²) in [5, 5.41) is 11.1. The van der Waals surface area contributed by atoms with E-state index < -0.39 is 29.7 Å². The number of aromatic nitrogens is 1. The van der Waals surface area contributed by atoms with E-state index in [1.54, 1.807) is 31.2 Å². The number of fused-ring (bicyclic) bond motifs is 1. The van der Waals surface area contributed by atoms with Crippen molar-refractivity contribution in [3.05, 3.63) is 59.9 Å². The highest BCUT2D eigenvalue weighted by Gasteiger charge is 2.51. The number of para-hydroxylation sites is 1. The molecule has 0 spiro atoms. The van der Waals surface area contributed by atoms with Gasteiger partial charge in [0.25, 0.3) is 5.91 Å². The van der Waals surface area contributed by atoms with E-state index in [-0.39, 0.29) is 13.2 Å². The number of carbonyl (C=O) groups is 3. The van der Waals surface area contributed by atoms with Crippen LogP contribution in [-0.4, -0.2) is 40.9 Å². The Morgan fingerprint density at radius 3 is 2.58 bits per heavy atom. The number of amides is 1. The number of Topliss-reactive ketones (excluding diaryl/α,β-unsaturated/α-hetero) is 1. The quantitative estimate of drug-likeness (QED) is 0.623. The molecule has 1 aliphatic rings. The molecule has 1 N–H and O–H groups in total. The molecule has 0 aliphatic carbocycles.